The highest BCUT2D eigenvalue weighted by Gasteiger charge is 2.53. The van der Waals surface area contributed by atoms with Gasteiger partial charge in [-0.3, -0.25) is 0 Å². The van der Waals surface area contributed by atoms with Crippen LogP contribution in [0.2, 0.25) is 0 Å². The molecule has 2 aliphatic carbocycles. The Labute approximate surface area is 176 Å². The number of methoxy groups -OCH3 is 4. The lowest BCUT2D eigenvalue weighted by Crippen LogP contribution is -2.50. The molecule has 0 aliphatic heterocycles. The van der Waals surface area contributed by atoms with Gasteiger partial charge in [-0.1, -0.05) is 32.4 Å². The highest BCUT2D eigenvalue weighted by atomic mass is 16.5. The van der Waals surface area contributed by atoms with Gasteiger partial charge < -0.3 is 18.9 Å². The van der Waals surface area contributed by atoms with Crippen LogP contribution in [0.5, 0.6) is 23.0 Å². The number of hydrogen-bond donors (Lipinski definition) is 0. The van der Waals surface area contributed by atoms with Crippen LogP contribution in [-0.4, -0.2) is 28.4 Å². The van der Waals surface area contributed by atoms with Crippen LogP contribution in [0, 0.1) is 22.7 Å². The van der Waals surface area contributed by atoms with Crippen molar-refractivity contribution in [1.29, 1.82) is 0 Å². The molecule has 1 fully saturated rings. The molecule has 0 unspecified atom stereocenters. The lowest BCUT2D eigenvalue weighted by molar-refractivity contribution is -0.0415. The van der Waals surface area contributed by atoms with Crippen LogP contribution in [0.4, 0.5) is 0 Å². The SMILES string of the molecule is COc1cc(OC)c(OC)c(C[C@]2(C)[C@@H](C)CC[C@]3(C)C(C)=CCC[C@@H]23)c1OC. The Morgan fingerprint density at radius 1 is 0.931 bits per heavy atom. The number of ether oxygens (including phenoxy) is 4. The molecule has 162 valence electrons. The zero-order valence-electron chi connectivity index (χ0n) is 19.5. The molecule has 4 heteroatoms. The number of rotatable bonds is 6. The molecule has 29 heavy (non-hydrogen) atoms. The number of hydrogen-bond acceptors (Lipinski definition) is 4. The molecule has 1 aromatic carbocycles. The van der Waals surface area contributed by atoms with Crippen LogP contribution in [0.25, 0.3) is 0 Å². The molecule has 1 aromatic rings. The van der Waals surface area contributed by atoms with Crippen LogP contribution >= 0.6 is 0 Å². The lowest BCUT2D eigenvalue weighted by Gasteiger charge is -2.58. The van der Waals surface area contributed by atoms with Gasteiger partial charge in [0.2, 0.25) is 0 Å². The molecule has 0 heterocycles. The molecule has 0 saturated heterocycles. The molecule has 0 bridgehead atoms. The van der Waals surface area contributed by atoms with Crippen LogP contribution < -0.4 is 18.9 Å². The van der Waals surface area contributed by atoms with Crippen molar-refractivity contribution in [3.63, 3.8) is 0 Å². The first-order valence-electron chi connectivity index (χ1n) is 10.8. The summed E-state index contributed by atoms with van der Waals surface area (Å²) in [7, 11) is 6.75. The fourth-order valence-corrected chi connectivity index (χ4v) is 6.15. The highest BCUT2D eigenvalue weighted by molar-refractivity contribution is 5.61. The van der Waals surface area contributed by atoms with Crippen LogP contribution in [0.15, 0.2) is 17.7 Å². The molecule has 0 aromatic heterocycles. The third kappa shape index (κ3) is 3.39. The highest BCUT2D eigenvalue weighted by Crippen LogP contribution is 2.62. The van der Waals surface area contributed by atoms with Gasteiger partial charge >= 0.3 is 0 Å². The van der Waals surface area contributed by atoms with Crippen molar-refractivity contribution >= 4 is 0 Å². The molecule has 4 nitrogen and oxygen atoms in total. The van der Waals surface area contributed by atoms with Crippen molar-refractivity contribution in [2.24, 2.45) is 22.7 Å². The van der Waals surface area contributed by atoms with E-state index in [0.717, 1.165) is 23.5 Å². The van der Waals surface area contributed by atoms with E-state index in [2.05, 4.69) is 33.8 Å². The van der Waals surface area contributed by atoms with Gasteiger partial charge in [0, 0.05) is 11.6 Å². The van der Waals surface area contributed by atoms with E-state index in [-0.39, 0.29) is 10.8 Å². The average Bonchev–Trinajstić information content (AvgIpc) is 2.71. The van der Waals surface area contributed by atoms with Gasteiger partial charge in [0.15, 0.2) is 23.0 Å². The Morgan fingerprint density at radius 2 is 1.52 bits per heavy atom. The fourth-order valence-electron chi connectivity index (χ4n) is 6.15. The second-order valence-corrected chi connectivity index (χ2v) is 9.38. The first kappa shape index (κ1) is 21.9. The molecule has 2 aliphatic rings. The summed E-state index contributed by atoms with van der Waals surface area (Å²) in [5.41, 5.74) is 3.01. The van der Waals surface area contributed by atoms with Gasteiger partial charge in [0.1, 0.15) is 0 Å². The summed E-state index contributed by atoms with van der Waals surface area (Å²) < 4.78 is 23.0. The van der Waals surface area contributed by atoms with Gasteiger partial charge in [0.05, 0.1) is 28.4 Å². The second-order valence-electron chi connectivity index (χ2n) is 9.38. The van der Waals surface area contributed by atoms with Gasteiger partial charge in [-0.05, 0) is 61.7 Å². The molecule has 0 radical (unpaired) electrons. The van der Waals surface area contributed by atoms with E-state index in [9.17, 15) is 0 Å². The molecular formula is C25H38O4. The summed E-state index contributed by atoms with van der Waals surface area (Å²) in [6.45, 7) is 9.71. The normalized spacial score (nSPS) is 31.5. The van der Waals surface area contributed by atoms with Gasteiger partial charge in [-0.15, -0.1) is 0 Å². The van der Waals surface area contributed by atoms with E-state index < -0.39 is 0 Å². The van der Waals surface area contributed by atoms with Gasteiger partial charge in [-0.25, -0.2) is 0 Å². The maximum Gasteiger partial charge on any atom is 0.167 e. The number of benzene rings is 1. The maximum absolute atomic E-state index is 5.84. The van der Waals surface area contributed by atoms with Crippen molar-refractivity contribution < 1.29 is 18.9 Å². The fraction of sp³-hybridized carbons (Fsp3) is 0.680. The topological polar surface area (TPSA) is 36.9 Å². The van der Waals surface area contributed by atoms with Crippen LogP contribution in [0.1, 0.15) is 58.9 Å². The lowest BCUT2D eigenvalue weighted by atomic mass is 9.47. The maximum atomic E-state index is 5.84. The monoisotopic (exact) mass is 402 g/mol. The summed E-state index contributed by atoms with van der Waals surface area (Å²) in [4.78, 5) is 0. The predicted molar refractivity (Wildman–Crippen MR) is 117 cm³/mol. The quantitative estimate of drug-likeness (QED) is 0.542. The standard InChI is InChI=1S/C25H38O4/c1-16-10-9-11-21-24(16,3)13-12-17(2)25(21,4)15-18-22(28-7)19(26-5)14-20(27-6)23(18)29-8/h10,14,17,21H,9,11-13,15H2,1-8H3/t17-,21+,24+,25+/m0/s1. The summed E-state index contributed by atoms with van der Waals surface area (Å²) >= 11 is 0. The average molecular weight is 403 g/mol. The summed E-state index contributed by atoms with van der Waals surface area (Å²) in [5.74, 6) is 4.13. The molecule has 4 atom stereocenters. The Morgan fingerprint density at radius 3 is 2.03 bits per heavy atom. The number of fused-ring (bicyclic) bond motifs is 1. The summed E-state index contributed by atoms with van der Waals surface area (Å²) in [5, 5.41) is 0. The van der Waals surface area contributed by atoms with Crippen molar-refractivity contribution in [2.75, 3.05) is 28.4 Å². The third-order valence-electron chi connectivity index (χ3n) is 8.26. The van der Waals surface area contributed by atoms with E-state index in [1.807, 2.05) is 6.07 Å². The number of allylic oxidation sites excluding steroid dienone is 2. The van der Waals surface area contributed by atoms with E-state index in [1.54, 1.807) is 34.0 Å². The Bertz CT molecular complexity index is 753. The Balaban J connectivity index is 2.15. The molecule has 1 saturated carbocycles. The van der Waals surface area contributed by atoms with Crippen molar-refractivity contribution in [3.05, 3.63) is 23.3 Å². The molecule has 0 spiro atoms. The molecule has 0 N–H and O–H groups in total. The minimum absolute atomic E-state index is 0.125. The van der Waals surface area contributed by atoms with E-state index in [4.69, 9.17) is 18.9 Å². The molecule has 3 rings (SSSR count). The molecule has 0 amide bonds. The zero-order chi connectivity index (χ0) is 21.4. The second kappa shape index (κ2) is 8.12. The van der Waals surface area contributed by atoms with E-state index in [1.165, 1.54) is 25.7 Å². The minimum Gasteiger partial charge on any atom is -0.493 e. The third-order valence-corrected chi connectivity index (χ3v) is 8.26. The van der Waals surface area contributed by atoms with Crippen molar-refractivity contribution in [3.8, 4) is 23.0 Å². The van der Waals surface area contributed by atoms with Crippen molar-refractivity contribution in [1.82, 2.24) is 0 Å². The van der Waals surface area contributed by atoms with Crippen molar-refractivity contribution in [2.45, 2.75) is 59.8 Å². The predicted octanol–water partition coefficient (Wildman–Crippen LogP) is 6.06. The van der Waals surface area contributed by atoms with Crippen LogP contribution in [0.3, 0.4) is 0 Å². The van der Waals surface area contributed by atoms with Gasteiger partial charge in [0.25, 0.3) is 0 Å². The summed E-state index contributed by atoms with van der Waals surface area (Å²) in [6, 6.07) is 1.85. The molecular weight excluding hydrogens is 364 g/mol. The minimum atomic E-state index is 0.125. The van der Waals surface area contributed by atoms with E-state index >= 15 is 0 Å². The van der Waals surface area contributed by atoms with E-state index in [0.29, 0.717) is 23.3 Å². The first-order chi connectivity index (χ1) is 13.8. The smallest absolute Gasteiger partial charge is 0.167 e. The van der Waals surface area contributed by atoms with Crippen LogP contribution in [-0.2, 0) is 6.42 Å². The van der Waals surface area contributed by atoms with Gasteiger partial charge in [-0.2, -0.15) is 0 Å². The largest absolute Gasteiger partial charge is 0.493 e. The zero-order valence-corrected chi connectivity index (χ0v) is 19.5. The Hall–Kier alpha value is -1.84. The first-order valence-corrected chi connectivity index (χ1v) is 10.8. The Kier molecular flexibility index (Phi) is 6.12. The summed E-state index contributed by atoms with van der Waals surface area (Å²) in [6.07, 6.45) is 8.25.